The number of carbonyl (C=O) groups excluding carboxylic acids is 2. The number of ether oxygens (including phenoxy) is 2. The second kappa shape index (κ2) is 5.46. The van der Waals surface area contributed by atoms with E-state index in [0.717, 1.165) is 0 Å². The average Bonchev–Trinajstić information content (AvgIpc) is 3.28. The third-order valence-corrected chi connectivity index (χ3v) is 4.07. The van der Waals surface area contributed by atoms with Crippen molar-refractivity contribution in [2.24, 2.45) is 11.8 Å². The fraction of sp³-hybridized carbons (Fsp3) is 0.846. The van der Waals surface area contributed by atoms with Crippen LogP contribution in [0.5, 0.6) is 0 Å². The van der Waals surface area contributed by atoms with Gasteiger partial charge < -0.3 is 19.3 Å². The predicted molar refractivity (Wildman–Crippen MR) is 66.4 cm³/mol. The molecule has 2 aliphatic heterocycles. The van der Waals surface area contributed by atoms with Gasteiger partial charge in [0.1, 0.15) is 0 Å². The van der Waals surface area contributed by atoms with E-state index in [1.165, 1.54) is 0 Å². The molecule has 2 unspecified atom stereocenters. The molecule has 0 aromatic rings. The van der Waals surface area contributed by atoms with Crippen molar-refractivity contribution in [2.45, 2.75) is 6.42 Å². The van der Waals surface area contributed by atoms with Gasteiger partial charge in [-0.2, -0.15) is 0 Å². The average molecular weight is 268 g/mol. The summed E-state index contributed by atoms with van der Waals surface area (Å²) in [5.74, 6) is 0.0895. The number of rotatable bonds is 2. The van der Waals surface area contributed by atoms with Gasteiger partial charge in [-0.1, -0.05) is 0 Å². The molecule has 6 nitrogen and oxygen atoms in total. The van der Waals surface area contributed by atoms with Gasteiger partial charge in [0.25, 0.3) is 0 Å². The molecule has 0 bridgehead atoms. The first-order chi connectivity index (χ1) is 9.27. The molecule has 1 aliphatic carbocycles. The predicted octanol–water partition coefficient (Wildman–Crippen LogP) is -0.660. The molecule has 3 fully saturated rings. The van der Waals surface area contributed by atoms with Gasteiger partial charge in [0.15, 0.2) is 0 Å². The van der Waals surface area contributed by atoms with Gasteiger partial charge in [-0.3, -0.25) is 9.59 Å². The van der Waals surface area contributed by atoms with E-state index in [1.54, 1.807) is 0 Å². The Bertz CT molecular complexity index is 328. The Morgan fingerprint density at radius 1 is 0.737 bits per heavy atom. The summed E-state index contributed by atoms with van der Waals surface area (Å²) in [4.78, 5) is 28.1. The summed E-state index contributed by atoms with van der Waals surface area (Å²) in [6.07, 6.45) is 0.715. The summed E-state index contributed by atoms with van der Waals surface area (Å²) in [6.45, 7) is 5.09. The van der Waals surface area contributed by atoms with Crippen molar-refractivity contribution < 1.29 is 19.1 Å². The van der Waals surface area contributed by atoms with Gasteiger partial charge in [0.05, 0.1) is 38.3 Å². The fourth-order valence-electron chi connectivity index (χ4n) is 2.78. The summed E-state index contributed by atoms with van der Waals surface area (Å²) < 4.78 is 10.5. The van der Waals surface area contributed by atoms with Crippen LogP contribution in [0.3, 0.4) is 0 Å². The molecule has 6 heteroatoms. The molecular weight excluding hydrogens is 248 g/mol. The number of amides is 2. The lowest BCUT2D eigenvalue weighted by Crippen LogP contribution is -2.44. The Morgan fingerprint density at radius 2 is 1.11 bits per heavy atom. The van der Waals surface area contributed by atoms with Crippen molar-refractivity contribution in [1.29, 1.82) is 0 Å². The topological polar surface area (TPSA) is 59.1 Å². The van der Waals surface area contributed by atoms with Crippen molar-refractivity contribution in [3.63, 3.8) is 0 Å². The largest absolute Gasteiger partial charge is 0.378 e. The minimum absolute atomic E-state index is 0.0894. The minimum Gasteiger partial charge on any atom is -0.378 e. The van der Waals surface area contributed by atoms with Gasteiger partial charge in [0.2, 0.25) is 11.8 Å². The molecule has 19 heavy (non-hydrogen) atoms. The van der Waals surface area contributed by atoms with Gasteiger partial charge in [-0.05, 0) is 6.42 Å². The van der Waals surface area contributed by atoms with Gasteiger partial charge >= 0.3 is 0 Å². The van der Waals surface area contributed by atoms with E-state index < -0.39 is 0 Å². The first-order valence-corrected chi connectivity index (χ1v) is 7.00. The van der Waals surface area contributed by atoms with Crippen molar-refractivity contribution in [2.75, 3.05) is 52.6 Å². The molecule has 0 aromatic heterocycles. The Kier molecular flexibility index (Phi) is 3.70. The van der Waals surface area contributed by atoms with Crippen LogP contribution < -0.4 is 0 Å². The molecule has 0 radical (unpaired) electrons. The van der Waals surface area contributed by atoms with Crippen LogP contribution in [-0.4, -0.2) is 74.2 Å². The first kappa shape index (κ1) is 12.9. The maximum Gasteiger partial charge on any atom is 0.226 e. The second-order valence-electron chi connectivity index (χ2n) is 5.32. The molecular formula is C13H20N2O4. The summed E-state index contributed by atoms with van der Waals surface area (Å²) >= 11 is 0. The van der Waals surface area contributed by atoms with Crippen LogP contribution in [0, 0.1) is 11.8 Å². The highest BCUT2D eigenvalue weighted by Crippen LogP contribution is 2.41. The van der Waals surface area contributed by atoms with Crippen LogP contribution in [0.4, 0.5) is 0 Å². The van der Waals surface area contributed by atoms with Crippen molar-refractivity contribution in [3.05, 3.63) is 0 Å². The molecule has 0 aromatic carbocycles. The Labute approximate surface area is 112 Å². The van der Waals surface area contributed by atoms with E-state index in [2.05, 4.69) is 0 Å². The van der Waals surface area contributed by atoms with Gasteiger partial charge in [-0.25, -0.2) is 0 Å². The van der Waals surface area contributed by atoms with E-state index in [1.807, 2.05) is 9.80 Å². The lowest BCUT2D eigenvalue weighted by molar-refractivity contribution is -0.142. The summed E-state index contributed by atoms with van der Waals surface area (Å²) in [5.41, 5.74) is 0. The molecule has 3 aliphatic rings. The summed E-state index contributed by atoms with van der Waals surface area (Å²) in [7, 11) is 0. The molecule has 0 spiro atoms. The Hall–Kier alpha value is -1.14. The molecule has 2 atom stereocenters. The standard InChI is InChI=1S/C13H20N2O4/c16-12(14-1-5-18-6-2-14)10-9-11(10)13(17)15-3-7-19-8-4-15/h10-11H,1-9H2. The maximum atomic E-state index is 12.2. The number of hydrogen-bond donors (Lipinski definition) is 0. The normalized spacial score (nSPS) is 31.2. The zero-order valence-electron chi connectivity index (χ0n) is 11.0. The molecule has 2 saturated heterocycles. The van der Waals surface area contributed by atoms with E-state index in [0.29, 0.717) is 59.0 Å². The zero-order chi connectivity index (χ0) is 13.2. The molecule has 1 saturated carbocycles. The number of hydrogen-bond acceptors (Lipinski definition) is 4. The number of nitrogens with zero attached hydrogens (tertiary/aromatic N) is 2. The molecule has 106 valence electrons. The van der Waals surface area contributed by atoms with Crippen molar-refractivity contribution in [1.82, 2.24) is 9.80 Å². The molecule has 2 heterocycles. The van der Waals surface area contributed by atoms with E-state index in [4.69, 9.17) is 9.47 Å². The monoisotopic (exact) mass is 268 g/mol. The molecule has 0 N–H and O–H groups in total. The smallest absolute Gasteiger partial charge is 0.226 e. The first-order valence-electron chi connectivity index (χ1n) is 7.00. The van der Waals surface area contributed by atoms with Crippen LogP contribution in [0.15, 0.2) is 0 Å². The van der Waals surface area contributed by atoms with Gasteiger partial charge in [0, 0.05) is 26.2 Å². The highest BCUT2D eigenvalue weighted by atomic mass is 16.5. The zero-order valence-corrected chi connectivity index (χ0v) is 11.0. The Morgan fingerprint density at radius 3 is 1.47 bits per heavy atom. The van der Waals surface area contributed by atoms with Crippen LogP contribution >= 0.6 is 0 Å². The SMILES string of the molecule is O=C(C1CC1C(=O)N1CCOCC1)N1CCOCC1. The molecule has 2 amide bonds. The van der Waals surface area contributed by atoms with Crippen molar-refractivity contribution >= 4 is 11.8 Å². The lowest BCUT2D eigenvalue weighted by atomic mass is 10.2. The lowest BCUT2D eigenvalue weighted by Gasteiger charge is -2.28. The fourth-order valence-corrected chi connectivity index (χ4v) is 2.78. The highest BCUT2D eigenvalue weighted by Gasteiger charge is 2.50. The van der Waals surface area contributed by atoms with E-state index in [9.17, 15) is 9.59 Å². The number of carbonyl (C=O) groups is 2. The van der Waals surface area contributed by atoms with Crippen LogP contribution in [0.1, 0.15) is 6.42 Å². The number of morpholine rings is 2. The third-order valence-electron chi connectivity index (χ3n) is 4.07. The molecule has 3 rings (SSSR count). The second-order valence-corrected chi connectivity index (χ2v) is 5.32. The third kappa shape index (κ3) is 2.74. The van der Waals surface area contributed by atoms with E-state index >= 15 is 0 Å². The maximum absolute atomic E-state index is 12.2. The van der Waals surface area contributed by atoms with Crippen LogP contribution in [-0.2, 0) is 19.1 Å². The summed E-state index contributed by atoms with van der Waals surface area (Å²) in [6, 6.07) is 0. The summed E-state index contributed by atoms with van der Waals surface area (Å²) in [5, 5.41) is 0. The minimum atomic E-state index is -0.0894. The highest BCUT2D eigenvalue weighted by molar-refractivity contribution is 5.92. The van der Waals surface area contributed by atoms with Crippen LogP contribution in [0.25, 0.3) is 0 Å². The van der Waals surface area contributed by atoms with E-state index in [-0.39, 0.29) is 23.7 Å². The van der Waals surface area contributed by atoms with Crippen LogP contribution in [0.2, 0.25) is 0 Å². The Balaban J connectivity index is 1.52. The quantitative estimate of drug-likeness (QED) is 0.667. The van der Waals surface area contributed by atoms with Gasteiger partial charge in [-0.15, -0.1) is 0 Å². The van der Waals surface area contributed by atoms with Crippen molar-refractivity contribution in [3.8, 4) is 0 Å².